The number of nitrogens with one attached hydrogen (secondary N) is 1. The Bertz CT molecular complexity index is 549. The predicted molar refractivity (Wildman–Crippen MR) is 84.1 cm³/mol. The minimum absolute atomic E-state index is 0.293. The van der Waals surface area contributed by atoms with E-state index in [9.17, 15) is 9.59 Å². The third kappa shape index (κ3) is 3.29. The molecule has 0 saturated carbocycles. The highest BCUT2D eigenvalue weighted by molar-refractivity contribution is 5.97. The summed E-state index contributed by atoms with van der Waals surface area (Å²) in [5, 5.41) is 2.67. The number of ether oxygens (including phenoxy) is 1. The molecular weight excluding hydrogens is 284 g/mol. The van der Waals surface area contributed by atoms with Crippen LogP contribution in [-0.4, -0.2) is 49.3 Å². The third-order valence-corrected chi connectivity index (χ3v) is 3.56. The Morgan fingerprint density at radius 2 is 2.18 bits per heavy atom. The molecule has 7 nitrogen and oxygen atoms in total. The average Bonchev–Trinajstić information content (AvgIpc) is 2.53. The van der Waals surface area contributed by atoms with Gasteiger partial charge in [-0.15, -0.1) is 0 Å². The van der Waals surface area contributed by atoms with Gasteiger partial charge >= 0.3 is 12.0 Å². The van der Waals surface area contributed by atoms with Crippen LogP contribution in [0.2, 0.25) is 0 Å². The molecule has 1 atom stereocenters. The van der Waals surface area contributed by atoms with Crippen LogP contribution in [0.15, 0.2) is 18.3 Å². The first-order valence-corrected chi connectivity index (χ1v) is 7.53. The summed E-state index contributed by atoms with van der Waals surface area (Å²) in [7, 11) is 0. The number of anilines is 2. The van der Waals surface area contributed by atoms with E-state index in [4.69, 9.17) is 4.74 Å². The number of esters is 1. The fourth-order valence-corrected chi connectivity index (χ4v) is 2.40. The van der Waals surface area contributed by atoms with Crippen LogP contribution in [0.4, 0.5) is 16.3 Å². The molecule has 2 heterocycles. The molecule has 22 heavy (non-hydrogen) atoms. The van der Waals surface area contributed by atoms with Gasteiger partial charge in [0.1, 0.15) is 6.04 Å². The summed E-state index contributed by atoms with van der Waals surface area (Å²) >= 11 is 0. The molecule has 2 amide bonds. The monoisotopic (exact) mass is 306 g/mol. The van der Waals surface area contributed by atoms with E-state index in [1.807, 2.05) is 6.07 Å². The highest BCUT2D eigenvalue weighted by Gasteiger charge is 2.28. The van der Waals surface area contributed by atoms with Crippen molar-refractivity contribution < 1.29 is 14.3 Å². The maximum Gasteiger partial charge on any atom is 0.328 e. The number of urea groups is 1. The van der Waals surface area contributed by atoms with E-state index in [1.165, 1.54) is 0 Å². The van der Waals surface area contributed by atoms with Crippen LogP contribution >= 0.6 is 0 Å². The van der Waals surface area contributed by atoms with Crippen molar-refractivity contribution in [2.24, 2.45) is 0 Å². The van der Waals surface area contributed by atoms with E-state index in [0.29, 0.717) is 19.7 Å². The van der Waals surface area contributed by atoms with Gasteiger partial charge < -0.3 is 15.0 Å². The minimum atomic E-state index is -0.684. The van der Waals surface area contributed by atoms with Gasteiger partial charge in [-0.25, -0.2) is 14.6 Å². The van der Waals surface area contributed by atoms with Crippen LogP contribution in [0.25, 0.3) is 0 Å². The molecule has 0 fully saturated rings. The summed E-state index contributed by atoms with van der Waals surface area (Å²) in [6.45, 7) is 7.78. The largest absolute Gasteiger partial charge is 0.464 e. The average molecular weight is 306 g/mol. The van der Waals surface area contributed by atoms with Crippen LogP contribution in [0, 0.1) is 0 Å². The lowest BCUT2D eigenvalue weighted by Crippen LogP contribution is -2.52. The third-order valence-electron chi connectivity index (χ3n) is 3.56. The molecule has 7 heteroatoms. The molecule has 1 N–H and O–H groups in total. The van der Waals surface area contributed by atoms with Gasteiger partial charge in [0.2, 0.25) is 0 Å². The zero-order valence-corrected chi connectivity index (χ0v) is 13.2. The Hall–Kier alpha value is -2.31. The Morgan fingerprint density at radius 1 is 1.41 bits per heavy atom. The summed E-state index contributed by atoms with van der Waals surface area (Å²) < 4.78 is 4.90. The number of amides is 2. The molecule has 0 radical (unpaired) electrons. The van der Waals surface area contributed by atoms with Gasteiger partial charge in [0.15, 0.2) is 5.82 Å². The van der Waals surface area contributed by atoms with Gasteiger partial charge in [0, 0.05) is 25.8 Å². The van der Waals surface area contributed by atoms with Gasteiger partial charge in [-0.1, -0.05) is 0 Å². The molecule has 0 saturated heterocycles. The van der Waals surface area contributed by atoms with Crippen molar-refractivity contribution in [1.29, 1.82) is 0 Å². The number of hydrogen-bond acceptors (Lipinski definition) is 5. The molecule has 0 aliphatic carbocycles. The number of hydrogen-bond donors (Lipinski definition) is 1. The predicted octanol–water partition coefficient (Wildman–Crippen LogP) is 1.39. The summed E-state index contributed by atoms with van der Waals surface area (Å²) in [5.41, 5.74) is 0.754. The summed E-state index contributed by atoms with van der Waals surface area (Å²) in [5.74, 6) is 0.352. The molecule has 1 aliphatic rings. The lowest BCUT2D eigenvalue weighted by molar-refractivity contribution is -0.144. The molecule has 2 rings (SSSR count). The fourth-order valence-electron chi connectivity index (χ4n) is 2.40. The lowest BCUT2D eigenvalue weighted by Gasteiger charge is -2.36. The number of aromatic nitrogens is 1. The normalized spacial score (nSPS) is 15.0. The van der Waals surface area contributed by atoms with Crippen LogP contribution in [0.5, 0.6) is 0 Å². The van der Waals surface area contributed by atoms with E-state index in [1.54, 1.807) is 31.0 Å². The number of nitrogens with zero attached hydrogens (tertiary/aromatic N) is 3. The van der Waals surface area contributed by atoms with Crippen LogP contribution in [-0.2, 0) is 9.53 Å². The second-order valence-electron chi connectivity index (χ2n) is 5.00. The maximum atomic E-state index is 12.4. The SMILES string of the molecule is CCOC(=O)[C@H](C)NC(=O)N1CCN(CC)c2ncccc21. The first-order chi connectivity index (χ1) is 10.6. The zero-order chi connectivity index (χ0) is 16.1. The van der Waals surface area contributed by atoms with Crippen molar-refractivity contribution in [2.45, 2.75) is 26.8 Å². The quantitative estimate of drug-likeness (QED) is 0.851. The van der Waals surface area contributed by atoms with Crippen molar-refractivity contribution in [2.75, 3.05) is 36.0 Å². The zero-order valence-electron chi connectivity index (χ0n) is 13.2. The number of rotatable bonds is 4. The summed E-state index contributed by atoms with van der Waals surface area (Å²) in [4.78, 5) is 32.2. The molecule has 1 aromatic rings. The number of fused-ring (bicyclic) bond motifs is 1. The second kappa shape index (κ2) is 7.11. The van der Waals surface area contributed by atoms with E-state index in [2.05, 4.69) is 22.1 Å². The molecule has 0 bridgehead atoms. The standard InChI is InChI=1S/C15H22N4O3/c1-4-18-9-10-19(12-7-6-8-16-13(12)18)15(21)17-11(3)14(20)22-5-2/h6-8,11H,4-5,9-10H2,1-3H3,(H,17,21)/t11-/m0/s1. The van der Waals surface area contributed by atoms with Crippen molar-refractivity contribution in [3.05, 3.63) is 18.3 Å². The first-order valence-electron chi connectivity index (χ1n) is 7.53. The maximum absolute atomic E-state index is 12.4. The Morgan fingerprint density at radius 3 is 2.86 bits per heavy atom. The Kier molecular flexibility index (Phi) is 5.19. The highest BCUT2D eigenvalue weighted by Crippen LogP contribution is 2.30. The fraction of sp³-hybridized carbons (Fsp3) is 0.533. The van der Waals surface area contributed by atoms with Crippen molar-refractivity contribution in [3.63, 3.8) is 0 Å². The summed E-state index contributed by atoms with van der Waals surface area (Å²) in [6.07, 6.45) is 1.71. The topological polar surface area (TPSA) is 74.8 Å². The molecule has 1 aliphatic heterocycles. The van der Waals surface area contributed by atoms with E-state index in [-0.39, 0.29) is 6.03 Å². The molecule has 0 unspecified atom stereocenters. The van der Waals surface area contributed by atoms with E-state index in [0.717, 1.165) is 18.1 Å². The Labute approximate surface area is 130 Å². The number of likely N-dealkylation sites (N-methyl/N-ethyl adjacent to an activating group) is 1. The van der Waals surface area contributed by atoms with Gasteiger partial charge in [-0.05, 0) is 32.9 Å². The molecule has 120 valence electrons. The van der Waals surface area contributed by atoms with E-state index >= 15 is 0 Å². The molecule has 1 aromatic heterocycles. The summed E-state index contributed by atoms with van der Waals surface area (Å²) in [6, 6.07) is 2.66. The second-order valence-corrected chi connectivity index (χ2v) is 5.00. The molecule has 0 aromatic carbocycles. The van der Waals surface area contributed by atoms with Crippen LogP contribution in [0.1, 0.15) is 20.8 Å². The number of pyridine rings is 1. The number of carbonyl (C=O) groups is 2. The smallest absolute Gasteiger partial charge is 0.328 e. The van der Waals surface area contributed by atoms with Gasteiger partial charge in [0.25, 0.3) is 0 Å². The highest BCUT2D eigenvalue weighted by atomic mass is 16.5. The molecule has 0 spiro atoms. The lowest BCUT2D eigenvalue weighted by atomic mass is 10.2. The number of carbonyl (C=O) groups excluding carboxylic acids is 2. The van der Waals surface area contributed by atoms with E-state index < -0.39 is 12.0 Å². The van der Waals surface area contributed by atoms with Crippen molar-refractivity contribution in [3.8, 4) is 0 Å². The van der Waals surface area contributed by atoms with Crippen LogP contribution in [0.3, 0.4) is 0 Å². The minimum Gasteiger partial charge on any atom is -0.464 e. The van der Waals surface area contributed by atoms with Gasteiger partial charge in [0.05, 0.1) is 12.3 Å². The Balaban J connectivity index is 2.12. The first kappa shape index (κ1) is 16.1. The molecular formula is C15H22N4O3. The van der Waals surface area contributed by atoms with Crippen LogP contribution < -0.4 is 15.1 Å². The van der Waals surface area contributed by atoms with Crippen molar-refractivity contribution >= 4 is 23.5 Å². The van der Waals surface area contributed by atoms with Gasteiger partial charge in [-0.2, -0.15) is 0 Å². The van der Waals surface area contributed by atoms with Crippen molar-refractivity contribution in [1.82, 2.24) is 10.3 Å². The van der Waals surface area contributed by atoms with Gasteiger partial charge in [-0.3, -0.25) is 4.90 Å².